The molecule has 3 heterocycles. The molecule has 1 aliphatic heterocycles. The van der Waals surface area contributed by atoms with Gasteiger partial charge in [0, 0.05) is 38.1 Å². The molecule has 0 atom stereocenters. The first-order valence-electron chi connectivity index (χ1n) is 10.5. The number of ether oxygens (including phenoxy) is 1. The summed E-state index contributed by atoms with van der Waals surface area (Å²) in [7, 11) is 0. The van der Waals surface area contributed by atoms with E-state index in [-0.39, 0.29) is 0 Å². The minimum absolute atomic E-state index is 0.697. The van der Waals surface area contributed by atoms with Crippen molar-refractivity contribution in [1.29, 1.82) is 0 Å². The van der Waals surface area contributed by atoms with Crippen molar-refractivity contribution in [2.75, 3.05) is 37.7 Å². The van der Waals surface area contributed by atoms with Crippen molar-refractivity contribution in [3.63, 3.8) is 0 Å². The summed E-state index contributed by atoms with van der Waals surface area (Å²) in [4.78, 5) is 14.4. The van der Waals surface area contributed by atoms with Crippen LogP contribution in [0.15, 0.2) is 48.5 Å². The number of para-hydroxylation sites is 1. The van der Waals surface area contributed by atoms with Gasteiger partial charge in [-0.1, -0.05) is 24.3 Å². The van der Waals surface area contributed by atoms with Gasteiger partial charge >= 0.3 is 0 Å². The Kier molecular flexibility index (Phi) is 4.96. The largest absolute Gasteiger partial charge is 0.494 e. The molecule has 7 heteroatoms. The normalized spacial score (nSPS) is 15.2. The van der Waals surface area contributed by atoms with Gasteiger partial charge in [-0.05, 0) is 43.7 Å². The summed E-state index contributed by atoms with van der Waals surface area (Å²) in [6.45, 7) is 9.37. The molecule has 1 aliphatic rings. The van der Waals surface area contributed by atoms with E-state index >= 15 is 0 Å². The van der Waals surface area contributed by atoms with Crippen LogP contribution in [0.1, 0.15) is 18.3 Å². The Labute approximate surface area is 175 Å². The maximum atomic E-state index is 5.54. The lowest BCUT2D eigenvalue weighted by molar-refractivity contribution is 0.248. The van der Waals surface area contributed by atoms with E-state index in [0.29, 0.717) is 6.61 Å². The van der Waals surface area contributed by atoms with Crippen LogP contribution >= 0.6 is 0 Å². The molecule has 4 aromatic rings. The average Bonchev–Trinajstić information content (AvgIpc) is 3.17. The van der Waals surface area contributed by atoms with E-state index in [0.717, 1.165) is 66.8 Å². The Morgan fingerprint density at radius 3 is 2.47 bits per heavy atom. The van der Waals surface area contributed by atoms with Crippen molar-refractivity contribution in [2.45, 2.75) is 20.4 Å². The Hall–Kier alpha value is -3.19. The van der Waals surface area contributed by atoms with Gasteiger partial charge in [0.15, 0.2) is 5.65 Å². The van der Waals surface area contributed by atoms with Crippen LogP contribution < -0.4 is 9.64 Å². The SMILES string of the molecule is CCOc1ccc(CN2CCN(c3nc4ccccc4c4nc(C)nn34)CC2)cc1. The van der Waals surface area contributed by atoms with Crippen LogP contribution in [-0.4, -0.2) is 57.3 Å². The van der Waals surface area contributed by atoms with Crippen molar-refractivity contribution in [1.82, 2.24) is 24.5 Å². The first kappa shape index (κ1) is 18.8. The van der Waals surface area contributed by atoms with Crippen LogP contribution in [0.4, 0.5) is 5.95 Å². The minimum Gasteiger partial charge on any atom is -0.494 e. The summed E-state index contributed by atoms with van der Waals surface area (Å²) in [6, 6.07) is 16.6. The number of hydrogen-bond donors (Lipinski definition) is 0. The second kappa shape index (κ2) is 7.91. The third-order valence-electron chi connectivity index (χ3n) is 5.56. The van der Waals surface area contributed by atoms with Crippen LogP contribution in [0.3, 0.4) is 0 Å². The molecule has 2 aromatic heterocycles. The quantitative estimate of drug-likeness (QED) is 0.511. The lowest BCUT2D eigenvalue weighted by Gasteiger charge is -2.35. The molecule has 0 amide bonds. The van der Waals surface area contributed by atoms with Crippen molar-refractivity contribution >= 4 is 22.5 Å². The molecule has 0 bridgehead atoms. The van der Waals surface area contributed by atoms with E-state index < -0.39 is 0 Å². The summed E-state index contributed by atoms with van der Waals surface area (Å²) in [6.07, 6.45) is 0. The summed E-state index contributed by atoms with van der Waals surface area (Å²) in [5.74, 6) is 2.58. The Balaban J connectivity index is 1.33. The predicted octanol–water partition coefficient (Wildman–Crippen LogP) is 3.31. The molecule has 0 saturated carbocycles. The van der Waals surface area contributed by atoms with Crippen LogP contribution in [0.2, 0.25) is 0 Å². The smallest absolute Gasteiger partial charge is 0.229 e. The van der Waals surface area contributed by atoms with Gasteiger partial charge in [-0.15, -0.1) is 5.10 Å². The fraction of sp³-hybridized carbons (Fsp3) is 0.348. The van der Waals surface area contributed by atoms with Crippen molar-refractivity contribution < 1.29 is 4.74 Å². The number of piperazine rings is 1. The molecular formula is C23H26N6O. The second-order valence-corrected chi connectivity index (χ2v) is 7.66. The summed E-state index contributed by atoms with van der Waals surface area (Å²) < 4.78 is 7.44. The number of aromatic nitrogens is 4. The minimum atomic E-state index is 0.697. The number of nitrogens with zero attached hydrogens (tertiary/aromatic N) is 6. The lowest BCUT2D eigenvalue weighted by Crippen LogP contribution is -2.46. The van der Waals surface area contributed by atoms with E-state index in [4.69, 9.17) is 9.72 Å². The van der Waals surface area contributed by atoms with Crippen LogP contribution in [0.25, 0.3) is 16.6 Å². The van der Waals surface area contributed by atoms with Gasteiger partial charge in [-0.2, -0.15) is 4.52 Å². The molecule has 30 heavy (non-hydrogen) atoms. The van der Waals surface area contributed by atoms with E-state index in [2.05, 4.69) is 50.2 Å². The van der Waals surface area contributed by atoms with Gasteiger partial charge in [0.25, 0.3) is 0 Å². The number of rotatable bonds is 5. The Morgan fingerprint density at radius 2 is 1.70 bits per heavy atom. The maximum Gasteiger partial charge on any atom is 0.229 e. The highest BCUT2D eigenvalue weighted by Gasteiger charge is 2.22. The molecule has 5 rings (SSSR count). The average molecular weight is 403 g/mol. The fourth-order valence-electron chi connectivity index (χ4n) is 4.07. The molecule has 2 aromatic carbocycles. The highest BCUT2D eigenvalue weighted by molar-refractivity contribution is 5.92. The Bertz CT molecular complexity index is 1160. The third kappa shape index (κ3) is 3.57. The van der Waals surface area contributed by atoms with E-state index in [1.165, 1.54) is 5.56 Å². The third-order valence-corrected chi connectivity index (χ3v) is 5.56. The van der Waals surface area contributed by atoms with Gasteiger partial charge < -0.3 is 9.64 Å². The molecule has 0 N–H and O–H groups in total. The molecule has 154 valence electrons. The van der Waals surface area contributed by atoms with E-state index in [1.807, 2.05) is 36.6 Å². The van der Waals surface area contributed by atoms with Crippen molar-refractivity contribution in [3.8, 4) is 5.75 Å². The zero-order chi connectivity index (χ0) is 20.5. The van der Waals surface area contributed by atoms with Gasteiger partial charge in [-0.25, -0.2) is 9.97 Å². The van der Waals surface area contributed by atoms with Gasteiger partial charge in [0.05, 0.1) is 12.1 Å². The van der Waals surface area contributed by atoms with Gasteiger partial charge in [0.1, 0.15) is 11.6 Å². The second-order valence-electron chi connectivity index (χ2n) is 7.66. The molecule has 1 saturated heterocycles. The maximum absolute atomic E-state index is 5.54. The number of aryl methyl sites for hydroxylation is 1. The van der Waals surface area contributed by atoms with Crippen LogP contribution in [0.5, 0.6) is 5.75 Å². The molecule has 0 radical (unpaired) electrons. The number of fused-ring (bicyclic) bond motifs is 3. The number of anilines is 1. The fourth-order valence-corrected chi connectivity index (χ4v) is 4.07. The highest BCUT2D eigenvalue weighted by Crippen LogP contribution is 2.24. The first-order chi connectivity index (χ1) is 14.7. The lowest BCUT2D eigenvalue weighted by atomic mass is 10.2. The summed E-state index contributed by atoms with van der Waals surface area (Å²) >= 11 is 0. The molecule has 1 fully saturated rings. The molecular weight excluding hydrogens is 376 g/mol. The van der Waals surface area contributed by atoms with E-state index in [1.54, 1.807) is 0 Å². The number of benzene rings is 2. The van der Waals surface area contributed by atoms with E-state index in [9.17, 15) is 0 Å². The van der Waals surface area contributed by atoms with Crippen LogP contribution in [-0.2, 0) is 6.54 Å². The molecule has 0 spiro atoms. The zero-order valence-electron chi connectivity index (χ0n) is 17.5. The Morgan fingerprint density at radius 1 is 0.933 bits per heavy atom. The number of hydrogen-bond acceptors (Lipinski definition) is 6. The zero-order valence-corrected chi connectivity index (χ0v) is 17.5. The molecule has 7 nitrogen and oxygen atoms in total. The van der Waals surface area contributed by atoms with Gasteiger partial charge in [-0.3, -0.25) is 4.90 Å². The summed E-state index contributed by atoms with van der Waals surface area (Å²) in [5, 5.41) is 5.66. The summed E-state index contributed by atoms with van der Waals surface area (Å²) in [5.41, 5.74) is 3.15. The highest BCUT2D eigenvalue weighted by atomic mass is 16.5. The topological polar surface area (TPSA) is 58.8 Å². The predicted molar refractivity (Wildman–Crippen MR) is 118 cm³/mol. The van der Waals surface area contributed by atoms with Crippen molar-refractivity contribution in [2.24, 2.45) is 0 Å². The standard InChI is InChI=1S/C23H26N6O/c1-3-30-19-10-8-18(9-11-19)16-27-12-14-28(15-13-27)23-25-21-7-5-4-6-20(21)22-24-17(2)26-29(22)23/h4-11H,3,12-16H2,1-2H3. The van der Waals surface area contributed by atoms with Crippen molar-refractivity contribution in [3.05, 3.63) is 59.9 Å². The van der Waals surface area contributed by atoms with Crippen LogP contribution in [0, 0.1) is 6.92 Å². The monoisotopic (exact) mass is 402 g/mol. The molecule has 0 aliphatic carbocycles. The first-order valence-corrected chi connectivity index (χ1v) is 10.5. The molecule has 0 unspecified atom stereocenters. The van der Waals surface area contributed by atoms with Gasteiger partial charge in [0.2, 0.25) is 5.95 Å².